The number of nitrogens with zero attached hydrogens (tertiary/aromatic N) is 1. The summed E-state index contributed by atoms with van der Waals surface area (Å²) in [5, 5.41) is 11.3. The first-order valence-corrected chi connectivity index (χ1v) is 5.75. The summed E-state index contributed by atoms with van der Waals surface area (Å²) in [5.74, 6) is -2.68. The maximum Gasteiger partial charge on any atom is 0.338 e. The van der Waals surface area contributed by atoms with Crippen LogP contribution in [0.3, 0.4) is 0 Å². The lowest BCUT2D eigenvalue weighted by atomic mass is 10.1. The maximum atomic E-state index is 13.2. The van der Waals surface area contributed by atoms with E-state index >= 15 is 0 Å². The molecule has 20 heavy (non-hydrogen) atoms. The molecule has 0 atom stereocenters. The van der Waals surface area contributed by atoms with Crippen molar-refractivity contribution in [1.82, 2.24) is 4.98 Å². The number of carboxylic acid groups (broad SMARTS) is 1. The third-order valence-electron chi connectivity index (χ3n) is 2.71. The second-order valence-corrected chi connectivity index (χ2v) is 4.09. The van der Waals surface area contributed by atoms with Gasteiger partial charge >= 0.3 is 5.97 Å². The first-order valence-electron chi connectivity index (χ1n) is 5.75. The van der Waals surface area contributed by atoms with Gasteiger partial charge in [-0.15, -0.1) is 0 Å². The van der Waals surface area contributed by atoms with Gasteiger partial charge in [-0.3, -0.25) is 9.78 Å². The Morgan fingerprint density at radius 3 is 2.65 bits per heavy atom. The number of halogens is 1. The van der Waals surface area contributed by atoms with E-state index in [9.17, 15) is 14.0 Å². The van der Waals surface area contributed by atoms with Gasteiger partial charge in [-0.25, -0.2) is 9.18 Å². The Balaban J connectivity index is 2.27. The Morgan fingerprint density at radius 2 is 2.00 bits per heavy atom. The number of anilines is 1. The first-order chi connectivity index (χ1) is 9.49. The molecular weight excluding hydrogens is 263 g/mol. The summed E-state index contributed by atoms with van der Waals surface area (Å²) in [6, 6.07) is 6.58. The Morgan fingerprint density at radius 1 is 1.25 bits per heavy atom. The molecule has 0 saturated heterocycles. The van der Waals surface area contributed by atoms with Crippen LogP contribution in [0.25, 0.3) is 0 Å². The quantitative estimate of drug-likeness (QED) is 0.901. The van der Waals surface area contributed by atoms with Crippen LogP contribution < -0.4 is 5.32 Å². The minimum absolute atomic E-state index is 0.206. The Labute approximate surface area is 114 Å². The highest BCUT2D eigenvalue weighted by Gasteiger charge is 2.13. The minimum atomic E-state index is -1.39. The zero-order valence-corrected chi connectivity index (χ0v) is 10.6. The van der Waals surface area contributed by atoms with Crippen LogP contribution >= 0.6 is 0 Å². The Bertz CT molecular complexity index is 686. The summed E-state index contributed by atoms with van der Waals surface area (Å²) in [6.45, 7) is 1.68. The maximum absolute atomic E-state index is 13.2. The fourth-order valence-electron chi connectivity index (χ4n) is 1.69. The molecule has 5 nitrogen and oxygen atoms in total. The molecule has 2 N–H and O–H groups in total. The standard InChI is InChI=1S/C14H11FN2O3/c1-8-10(3-2-6-16-8)13(18)17-9-4-5-12(15)11(7-9)14(19)20/h2-7H,1H3,(H,17,18)(H,19,20). The van der Waals surface area contributed by atoms with Crippen molar-refractivity contribution in [2.45, 2.75) is 6.92 Å². The summed E-state index contributed by atoms with van der Waals surface area (Å²) < 4.78 is 13.2. The number of aryl methyl sites for hydroxylation is 1. The van der Waals surface area contributed by atoms with Gasteiger partial charge in [-0.05, 0) is 37.3 Å². The lowest BCUT2D eigenvalue weighted by Gasteiger charge is -2.08. The third-order valence-corrected chi connectivity index (χ3v) is 2.71. The van der Waals surface area contributed by atoms with E-state index in [1.165, 1.54) is 6.07 Å². The van der Waals surface area contributed by atoms with Crippen molar-refractivity contribution < 1.29 is 19.1 Å². The van der Waals surface area contributed by atoms with Crippen LogP contribution in [0.1, 0.15) is 26.4 Å². The molecule has 0 aliphatic heterocycles. The fraction of sp³-hybridized carbons (Fsp3) is 0.0714. The smallest absolute Gasteiger partial charge is 0.338 e. The molecule has 0 spiro atoms. The fourth-order valence-corrected chi connectivity index (χ4v) is 1.69. The second-order valence-electron chi connectivity index (χ2n) is 4.09. The molecule has 1 aromatic heterocycles. The molecule has 0 aliphatic rings. The highest BCUT2D eigenvalue weighted by atomic mass is 19.1. The van der Waals surface area contributed by atoms with E-state index in [1.807, 2.05) is 0 Å². The van der Waals surface area contributed by atoms with Crippen LogP contribution in [0, 0.1) is 12.7 Å². The van der Waals surface area contributed by atoms with Crippen molar-refractivity contribution in [3.63, 3.8) is 0 Å². The van der Waals surface area contributed by atoms with Gasteiger partial charge < -0.3 is 10.4 Å². The van der Waals surface area contributed by atoms with Crippen LogP contribution in [0.2, 0.25) is 0 Å². The topological polar surface area (TPSA) is 79.3 Å². The van der Waals surface area contributed by atoms with Gasteiger partial charge in [0.05, 0.1) is 11.1 Å². The van der Waals surface area contributed by atoms with E-state index in [-0.39, 0.29) is 5.69 Å². The lowest BCUT2D eigenvalue weighted by Crippen LogP contribution is -2.14. The second kappa shape index (κ2) is 5.48. The van der Waals surface area contributed by atoms with Crippen molar-refractivity contribution >= 4 is 17.6 Å². The average molecular weight is 274 g/mol. The molecule has 0 unspecified atom stereocenters. The van der Waals surface area contributed by atoms with Gasteiger partial charge in [-0.2, -0.15) is 0 Å². The van der Waals surface area contributed by atoms with Crippen molar-refractivity contribution in [3.8, 4) is 0 Å². The normalized spacial score (nSPS) is 10.1. The Kier molecular flexibility index (Phi) is 3.74. The van der Waals surface area contributed by atoms with Crippen molar-refractivity contribution in [1.29, 1.82) is 0 Å². The monoisotopic (exact) mass is 274 g/mol. The van der Waals surface area contributed by atoms with Crippen LogP contribution in [0.15, 0.2) is 36.5 Å². The average Bonchev–Trinajstić information content (AvgIpc) is 2.41. The molecule has 0 aliphatic carbocycles. The zero-order valence-electron chi connectivity index (χ0n) is 10.6. The highest BCUT2D eigenvalue weighted by molar-refractivity contribution is 6.05. The molecule has 2 rings (SSSR count). The zero-order chi connectivity index (χ0) is 14.7. The van der Waals surface area contributed by atoms with Gasteiger partial charge in [0.15, 0.2) is 0 Å². The van der Waals surface area contributed by atoms with E-state index in [4.69, 9.17) is 5.11 Å². The van der Waals surface area contributed by atoms with Gasteiger partial charge in [0.1, 0.15) is 5.82 Å². The van der Waals surface area contributed by atoms with Crippen molar-refractivity contribution in [2.75, 3.05) is 5.32 Å². The molecule has 1 amide bonds. The minimum Gasteiger partial charge on any atom is -0.478 e. The predicted octanol–water partition coefficient (Wildman–Crippen LogP) is 2.48. The van der Waals surface area contributed by atoms with E-state index in [0.29, 0.717) is 11.3 Å². The number of carbonyl (C=O) groups excluding carboxylic acids is 1. The van der Waals surface area contributed by atoms with Crippen molar-refractivity contribution in [2.24, 2.45) is 0 Å². The van der Waals surface area contributed by atoms with Crippen LogP contribution in [-0.4, -0.2) is 22.0 Å². The van der Waals surface area contributed by atoms with Gasteiger partial charge in [0, 0.05) is 17.6 Å². The number of carbonyl (C=O) groups is 2. The van der Waals surface area contributed by atoms with Gasteiger partial charge in [0.25, 0.3) is 5.91 Å². The van der Waals surface area contributed by atoms with Gasteiger partial charge in [0.2, 0.25) is 0 Å². The van der Waals surface area contributed by atoms with Crippen molar-refractivity contribution in [3.05, 3.63) is 59.2 Å². The number of aromatic nitrogens is 1. The number of carboxylic acids is 1. The molecule has 0 bridgehead atoms. The molecule has 0 radical (unpaired) electrons. The van der Waals surface area contributed by atoms with Crippen LogP contribution in [-0.2, 0) is 0 Å². The summed E-state index contributed by atoms with van der Waals surface area (Å²) in [6.07, 6.45) is 1.56. The summed E-state index contributed by atoms with van der Waals surface area (Å²) in [4.78, 5) is 26.8. The summed E-state index contributed by atoms with van der Waals surface area (Å²) >= 11 is 0. The van der Waals surface area contributed by atoms with Crippen LogP contribution in [0.5, 0.6) is 0 Å². The van der Waals surface area contributed by atoms with E-state index in [2.05, 4.69) is 10.3 Å². The number of pyridine rings is 1. The number of aromatic carboxylic acids is 1. The van der Waals surface area contributed by atoms with Gasteiger partial charge in [-0.1, -0.05) is 0 Å². The molecule has 1 heterocycles. The molecular formula is C14H11FN2O3. The lowest BCUT2D eigenvalue weighted by molar-refractivity contribution is 0.0691. The number of nitrogens with one attached hydrogen (secondary N) is 1. The molecule has 0 fully saturated rings. The number of hydrogen-bond acceptors (Lipinski definition) is 3. The highest BCUT2D eigenvalue weighted by Crippen LogP contribution is 2.16. The number of benzene rings is 1. The SMILES string of the molecule is Cc1ncccc1C(=O)Nc1ccc(F)c(C(=O)O)c1. The number of hydrogen-bond donors (Lipinski definition) is 2. The predicted molar refractivity (Wildman–Crippen MR) is 70.3 cm³/mol. The summed E-state index contributed by atoms with van der Waals surface area (Å²) in [7, 11) is 0. The summed E-state index contributed by atoms with van der Waals surface area (Å²) in [5.41, 5.74) is 0.627. The van der Waals surface area contributed by atoms with Crippen LogP contribution in [0.4, 0.5) is 10.1 Å². The number of amides is 1. The third kappa shape index (κ3) is 2.80. The molecule has 6 heteroatoms. The first kappa shape index (κ1) is 13.7. The van der Waals surface area contributed by atoms with E-state index in [1.54, 1.807) is 25.3 Å². The molecule has 0 saturated carbocycles. The molecule has 1 aromatic carbocycles. The molecule has 2 aromatic rings. The van der Waals surface area contributed by atoms with E-state index in [0.717, 1.165) is 12.1 Å². The van der Waals surface area contributed by atoms with E-state index < -0.39 is 23.3 Å². The number of rotatable bonds is 3. The largest absolute Gasteiger partial charge is 0.478 e. The Hall–Kier alpha value is -2.76. The molecule has 102 valence electrons.